The van der Waals surface area contributed by atoms with Crippen LogP contribution in [0, 0.1) is 5.82 Å². The highest BCUT2D eigenvalue weighted by molar-refractivity contribution is 5.19. The summed E-state index contributed by atoms with van der Waals surface area (Å²) in [7, 11) is 1.53. The van der Waals surface area contributed by atoms with E-state index in [1.807, 2.05) is 6.07 Å². The van der Waals surface area contributed by atoms with Gasteiger partial charge in [-0.15, -0.1) is 0 Å². The van der Waals surface area contributed by atoms with Crippen LogP contribution in [0.2, 0.25) is 0 Å². The molecule has 25 heavy (non-hydrogen) atoms. The molecule has 0 aliphatic carbocycles. The molecule has 0 amide bonds. The SMILES string of the molecule is COc1ncc(CN2CCO[C@](CO)(Cc3cccc(F)c3)C2)cn1. The van der Waals surface area contributed by atoms with Gasteiger partial charge >= 0.3 is 6.01 Å². The summed E-state index contributed by atoms with van der Waals surface area (Å²) in [5, 5.41) is 9.94. The van der Waals surface area contributed by atoms with Gasteiger partial charge in [-0.1, -0.05) is 12.1 Å². The summed E-state index contributed by atoms with van der Waals surface area (Å²) in [6, 6.07) is 6.75. The van der Waals surface area contributed by atoms with Crippen molar-refractivity contribution in [2.75, 3.05) is 33.4 Å². The third-order valence-electron chi connectivity index (χ3n) is 4.30. The van der Waals surface area contributed by atoms with E-state index < -0.39 is 5.60 Å². The summed E-state index contributed by atoms with van der Waals surface area (Å²) in [5.74, 6) is -0.284. The zero-order valence-electron chi connectivity index (χ0n) is 14.2. The van der Waals surface area contributed by atoms with Crippen LogP contribution in [-0.4, -0.2) is 59.0 Å². The summed E-state index contributed by atoms with van der Waals surface area (Å²) >= 11 is 0. The predicted octanol–water partition coefficient (Wildman–Crippen LogP) is 1.43. The van der Waals surface area contributed by atoms with E-state index in [2.05, 4.69) is 14.9 Å². The zero-order valence-corrected chi connectivity index (χ0v) is 14.2. The summed E-state index contributed by atoms with van der Waals surface area (Å²) in [6.07, 6.45) is 3.92. The van der Waals surface area contributed by atoms with Gasteiger partial charge in [0.25, 0.3) is 0 Å². The number of benzene rings is 1. The highest BCUT2D eigenvalue weighted by Gasteiger charge is 2.36. The molecule has 0 spiro atoms. The topological polar surface area (TPSA) is 67.7 Å². The van der Waals surface area contributed by atoms with Gasteiger partial charge in [-0.3, -0.25) is 4.90 Å². The number of nitrogens with zero attached hydrogens (tertiary/aromatic N) is 3. The summed E-state index contributed by atoms with van der Waals surface area (Å²) in [5.41, 5.74) is 1.03. The van der Waals surface area contributed by atoms with Crippen molar-refractivity contribution in [1.82, 2.24) is 14.9 Å². The Balaban J connectivity index is 1.68. The van der Waals surface area contributed by atoms with Gasteiger partial charge in [0.1, 0.15) is 11.4 Å². The molecule has 6 nitrogen and oxygen atoms in total. The van der Waals surface area contributed by atoms with Crippen molar-refractivity contribution in [2.45, 2.75) is 18.6 Å². The lowest BCUT2D eigenvalue weighted by molar-refractivity contribution is -0.134. The molecule has 0 unspecified atom stereocenters. The maximum absolute atomic E-state index is 13.4. The molecule has 134 valence electrons. The summed E-state index contributed by atoms with van der Waals surface area (Å²) in [4.78, 5) is 10.4. The Hall–Kier alpha value is -2.09. The first-order valence-corrected chi connectivity index (χ1v) is 8.19. The maximum Gasteiger partial charge on any atom is 0.316 e. The van der Waals surface area contributed by atoms with Crippen molar-refractivity contribution in [3.63, 3.8) is 0 Å². The third-order valence-corrected chi connectivity index (χ3v) is 4.30. The first kappa shape index (κ1) is 17.7. The lowest BCUT2D eigenvalue weighted by Crippen LogP contribution is -2.55. The largest absolute Gasteiger partial charge is 0.467 e. The smallest absolute Gasteiger partial charge is 0.316 e. The van der Waals surface area contributed by atoms with Crippen molar-refractivity contribution in [1.29, 1.82) is 0 Å². The highest BCUT2D eigenvalue weighted by Crippen LogP contribution is 2.24. The molecule has 0 bridgehead atoms. The standard InChI is InChI=1S/C18H22FN3O3/c1-24-17-20-9-15(10-21-17)11-22-5-6-25-18(12-22,13-23)8-14-3-2-4-16(19)7-14/h2-4,7,9-10,23H,5-6,8,11-13H2,1H3/t18-/m1/s1. The molecule has 3 rings (SSSR count). The molecule has 1 N–H and O–H groups in total. The van der Waals surface area contributed by atoms with Crippen LogP contribution in [0.5, 0.6) is 6.01 Å². The van der Waals surface area contributed by atoms with Crippen LogP contribution < -0.4 is 4.74 Å². The number of hydrogen-bond acceptors (Lipinski definition) is 6. The molecule has 1 aliphatic rings. The van der Waals surface area contributed by atoms with Crippen LogP contribution in [-0.2, 0) is 17.7 Å². The van der Waals surface area contributed by atoms with Gasteiger partial charge in [-0.25, -0.2) is 14.4 Å². The monoisotopic (exact) mass is 347 g/mol. The Morgan fingerprint density at radius 2 is 2.12 bits per heavy atom. The molecule has 1 fully saturated rings. The number of morpholine rings is 1. The quantitative estimate of drug-likeness (QED) is 0.853. The average Bonchev–Trinajstić information content (AvgIpc) is 2.63. The second-order valence-corrected chi connectivity index (χ2v) is 6.28. The van der Waals surface area contributed by atoms with Gasteiger partial charge in [-0.2, -0.15) is 0 Å². The maximum atomic E-state index is 13.4. The molecule has 7 heteroatoms. The molecule has 1 aliphatic heterocycles. The van der Waals surface area contributed by atoms with E-state index in [0.29, 0.717) is 32.1 Å². The van der Waals surface area contributed by atoms with Gasteiger partial charge in [-0.05, 0) is 17.7 Å². The van der Waals surface area contributed by atoms with Gasteiger partial charge < -0.3 is 14.6 Å². The molecule has 0 radical (unpaired) electrons. The van der Waals surface area contributed by atoms with E-state index in [-0.39, 0.29) is 12.4 Å². The number of halogens is 1. The van der Waals surface area contributed by atoms with Crippen molar-refractivity contribution in [3.05, 3.63) is 53.6 Å². The second-order valence-electron chi connectivity index (χ2n) is 6.28. The molecular weight excluding hydrogens is 325 g/mol. The minimum absolute atomic E-state index is 0.126. The van der Waals surface area contributed by atoms with E-state index >= 15 is 0 Å². The fraction of sp³-hybridized carbons (Fsp3) is 0.444. The highest BCUT2D eigenvalue weighted by atomic mass is 19.1. The number of methoxy groups -OCH3 is 1. The van der Waals surface area contributed by atoms with Crippen molar-refractivity contribution < 1.29 is 19.0 Å². The van der Waals surface area contributed by atoms with Crippen LogP contribution >= 0.6 is 0 Å². The van der Waals surface area contributed by atoms with Gasteiger partial charge in [0, 0.05) is 44.0 Å². The van der Waals surface area contributed by atoms with E-state index in [9.17, 15) is 9.50 Å². The molecule has 2 heterocycles. The molecule has 1 aromatic heterocycles. The minimum Gasteiger partial charge on any atom is -0.467 e. The van der Waals surface area contributed by atoms with Crippen LogP contribution in [0.1, 0.15) is 11.1 Å². The van der Waals surface area contributed by atoms with Crippen molar-refractivity contribution in [2.24, 2.45) is 0 Å². The Morgan fingerprint density at radius 1 is 1.32 bits per heavy atom. The van der Waals surface area contributed by atoms with Gasteiger partial charge in [0.05, 0.1) is 20.3 Å². The molecule has 1 saturated heterocycles. The molecular formula is C18H22FN3O3. The zero-order chi connectivity index (χ0) is 17.7. The molecule has 2 aromatic rings. The van der Waals surface area contributed by atoms with E-state index in [1.165, 1.54) is 19.2 Å². The van der Waals surface area contributed by atoms with Crippen LogP contribution in [0.15, 0.2) is 36.7 Å². The number of aromatic nitrogens is 2. The second kappa shape index (κ2) is 7.86. The number of ether oxygens (including phenoxy) is 2. The van der Waals surface area contributed by atoms with Crippen LogP contribution in [0.4, 0.5) is 4.39 Å². The normalized spacial score (nSPS) is 21.2. The first-order chi connectivity index (χ1) is 12.1. The van der Waals surface area contributed by atoms with Gasteiger partial charge in [0.2, 0.25) is 0 Å². The van der Waals surface area contributed by atoms with E-state index in [0.717, 1.165) is 17.7 Å². The lowest BCUT2D eigenvalue weighted by Gasteiger charge is -2.42. The van der Waals surface area contributed by atoms with Crippen LogP contribution in [0.3, 0.4) is 0 Å². The summed E-state index contributed by atoms with van der Waals surface area (Å²) in [6.45, 7) is 2.33. The average molecular weight is 347 g/mol. The van der Waals surface area contributed by atoms with Gasteiger partial charge in [0.15, 0.2) is 0 Å². The number of rotatable bonds is 6. The fourth-order valence-electron chi connectivity index (χ4n) is 3.12. The van der Waals surface area contributed by atoms with Crippen molar-refractivity contribution >= 4 is 0 Å². The minimum atomic E-state index is -0.737. The van der Waals surface area contributed by atoms with E-state index in [1.54, 1.807) is 18.5 Å². The first-order valence-electron chi connectivity index (χ1n) is 8.19. The molecule has 1 atom stereocenters. The Bertz CT molecular complexity index is 698. The Kier molecular flexibility index (Phi) is 5.57. The summed E-state index contributed by atoms with van der Waals surface area (Å²) < 4.78 is 24.3. The number of aliphatic hydroxyl groups excluding tert-OH is 1. The van der Waals surface area contributed by atoms with E-state index in [4.69, 9.17) is 9.47 Å². The lowest BCUT2D eigenvalue weighted by atomic mass is 9.93. The Labute approximate surface area is 146 Å². The third kappa shape index (κ3) is 4.50. The van der Waals surface area contributed by atoms with Crippen molar-refractivity contribution in [3.8, 4) is 6.01 Å². The number of hydrogen-bond donors (Lipinski definition) is 1. The number of aliphatic hydroxyl groups is 1. The predicted molar refractivity (Wildman–Crippen MR) is 89.7 cm³/mol. The molecule has 0 saturated carbocycles. The fourth-order valence-corrected chi connectivity index (χ4v) is 3.12. The van der Waals surface area contributed by atoms with Crippen LogP contribution in [0.25, 0.3) is 0 Å². The molecule has 1 aromatic carbocycles. The Morgan fingerprint density at radius 3 is 2.80 bits per heavy atom.